The Balaban J connectivity index is 2.19. The van der Waals surface area contributed by atoms with E-state index in [0.717, 1.165) is 12.0 Å². The van der Waals surface area contributed by atoms with Crippen LogP contribution in [0.2, 0.25) is 0 Å². The average molecular weight is 248 g/mol. The molecule has 0 aliphatic heterocycles. The molecule has 1 N–H and O–H groups in total. The molecule has 0 atom stereocenters. The lowest BCUT2D eigenvalue weighted by atomic mass is 10.2. The van der Waals surface area contributed by atoms with Gasteiger partial charge in [-0.1, -0.05) is 12.2 Å². The van der Waals surface area contributed by atoms with E-state index >= 15 is 0 Å². The Kier molecular flexibility index (Phi) is 5.36. The molecule has 0 aliphatic carbocycles. The van der Waals surface area contributed by atoms with Crippen molar-refractivity contribution in [1.82, 2.24) is 10.3 Å². The smallest absolute Gasteiger partial charge is 0.407 e. The number of pyridine rings is 1. The van der Waals surface area contributed by atoms with Crippen LogP contribution in [0.3, 0.4) is 0 Å². The van der Waals surface area contributed by atoms with Crippen LogP contribution in [0.25, 0.3) is 6.08 Å². The Morgan fingerprint density at radius 1 is 1.39 bits per heavy atom. The number of rotatable bonds is 4. The molecular weight excluding hydrogens is 228 g/mol. The van der Waals surface area contributed by atoms with Gasteiger partial charge in [-0.2, -0.15) is 0 Å². The van der Waals surface area contributed by atoms with E-state index < -0.39 is 5.60 Å². The fourth-order valence-corrected chi connectivity index (χ4v) is 1.27. The zero-order valence-electron chi connectivity index (χ0n) is 11.1. The van der Waals surface area contributed by atoms with Crippen molar-refractivity contribution >= 4 is 12.2 Å². The first kappa shape index (κ1) is 14.2. The maximum absolute atomic E-state index is 11.3. The van der Waals surface area contributed by atoms with Crippen LogP contribution in [0.1, 0.15) is 32.8 Å². The summed E-state index contributed by atoms with van der Waals surface area (Å²) < 4.78 is 5.12. The number of nitrogens with one attached hydrogen (secondary N) is 1. The number of carbonyl (C=O) groups excluding carboxylic acids is 1. The molecular formula is C14H20N2O2. The van der Waals surface area contributed by atoms with Crippen LogP contribution < -0.4 is 5.32 Å². The first-order chi connectivity index (χ1) is 8.47. The molecule has 0 unspecified atom stereocenters. The van der Waals surface area contributed by atoms with Gasteiger partial charge in [0.05, 0.1) is 0 Å². The Morgan fingerprint density at radius 2 is 2.06 bits per heavy atom. The molecule has 18 heavy (non-hydrogen) atoms. The number of ether oxygens (including phenoxy) is 1. The van der Waals surface area contributed by atoms with Crippen molar-refractivity contribution in [2.45, 2.75) is 32.8 Å². The molecule has 0 aliphatic rings. The maximum atomic E-state index is 11.3. The minimum absolute atomic E-state index is 0.375. The molecule has 4 nitrogen and oxygen atoms in total. The third-order valence-electron chi connectivity index (χ3n) is 2.00. The fourth-order valence-electron chi connectivity index (χ4n) is 1.27. The molecule has 4 heteroatoms. The van der Waals surface area contributed by atoms with Crippen molar-refractivity contribution in [3.8, 4) is 0 Å². The monoisotopic (exact) mass is 248 g/mol. The second kappa shape index (κ2) is 6.79. The van der Waals surface area contributed by atoms with Gasteiger partial charge < -0.3 is 10.1 Å². The highest BCUT2D eigenvalue weighted by molar-refractivity contribution is 5.67. The van der Waals surface area contributed by atoms with E-state index in [1.54, 1.807) is 12.4 Å². The largest absolute Gasteiger partial charge is 0.444 e. The standard InChI is InChI=1S/C14H20N2O2/c1-14(2,3)18-13(17)16-9-5-4-6-12-7-10-15-11-8-12/h4,6-8,10-11H,5,9H2,1-3H3,(H,16,17). The molecule has 0 saturated heterocycles. The van der Waals surface area contributed by atoms with Crippen molar-refractivity contribution < 1.29 is 9.53 Å². The summed E-state index contributed by atoms with van der Waals surface area (Å²) in [5.41, 5.74) is 0.652. The van der Waals surface area contributed by atoms with Gasteiger partial charge >= 0.3 is 6.09 Å². The van der Waals surface area contributed by atoms with Crippen LogP contribution in [-0.4, -0.2) is 23.2 Å². The van der Waals surface area contributed by atoms with Gasteiger partial charge in [0, 0.05) is 18.9 Å². The summed E-state index contributed by atoms with van der Waals surface area (Å²) in [4.78, 5) is 15.3. The summed E-state index contributed by atoms with van der Waals surface area (Å²) in [5.74, 6) is 0. The van der Waals surface area contributed by atoms with E-state index in [-0.39, 0.29) is 6.09 Å². The highest BCUT2D eigenvalue weighted by atomic mass is 16.6. The normalized spacial score (nSPS) is 11.5. The lowest BCUT2D eigenvalue weighted by molar-refractivity contribution is 0.0529. The molecule has 0 radical (unpaired) electrons. The zero-order valence-corrected chi connectivity index (χ0v) is 11.1. The molecule has 1 aromatic rings. The molecule has 0 bridgehead atoms. The number of hydrogen-bond acceptors (Lipinski definition) is 3. The first-order valence-corrected chi connectivity index (χ1v) is 6.01. The second-order valence-corrected chi connectivity index (χ2v) is 4.90. The summed E-state index contributed by atoms with van der Waals surface area (Å²) in [6, 6.07) is 3.86. The summed E-state index contributed by atoms with van der Waals surface area (Å²) >= 11 is 0. The van der Waals surface area contributed by atoms with Crippen molar-refractivity contribution in [1.29, 1.82) is 0 Å². The number of hydrogen-bond donors (Lipinski definition) is 1. The third-order valence-corrected chi connectivity index (χ3v) is 2.00. The van der Waals surface area contributed by atoms with Crippen LogP contribution in [0.15, 0.2) is 30.6 Å². The fraction of sp³-hybridized carbons (Fsp3) is 0.429. The second-order valence-electron chi connectivity index (χ2n) is 4.90. The predicted octanol–water partition coefficient (Wildman–Crippen LogP) is 3.01. The summed E-state index contributed by atoms with van der Waals surface area (Å²) in [6.07, 6.45) is 7.89. The van der Waals surface area contributed by atoms with Crippen LogP contribution in [0.4, 0.5) is 4.79 Å². The number of alkyl carbamates (subject to hydrolysis) is 1. The van der Waals surface area contributed by atoms with Crippen LogP contribution in [0.5, 0.6) is 0 Å². The average Bonchev–Trinajstić information content (AvgIpc) is 2.27. The minimum Gasteiger partial charge on any atom is -0.444 e. The van der Waals surface area contributed by atoms with Crippen LogP contribution in [0, 0.1) is 0 Å². The molecule has 1 heterocycles. The maximum Gasteiger partial charge on any atom is 0.407 e. The Morgan fingerprint density at radius 3 is 2.67 bits per heavy atom. The first-order valence-electron chi connectivity index (χ1n) is 6.01. The Labute approximate surface area is 108 Å². The Hall–Kier alpha value is -1.84. The lowest BCUT2D eigenvalue weighted by Gasteiger charge is -2.19. The SMILES string of the molecule is CC(C)(C)OC(=O)NCCC=Cc1ccncc1. The molecule has 1 rings (SSSR count). The van der Waals surface area contributed by atoms with E-state index in [1.165, 1.54) is 0 Å². The highest BCUT2D eigenvalue weighted by Crippen LogP contribution is 2.06. The van der Waals surface area contributed by atoms with Crippen molar-refractivity contribution in [3.63, 3.8) is 0 Å². The van der Waals surface area contributed by atoms with Crippen molar-refractivity contribution in [2.24, 2.45) is 0 Å². The molecule has 1 aromatic heterocycles. The molecule has 0 spiro atoms. The van der Waals surface area contributed by atoms with Gasteiger partial charge in [-0.3, -0.25) is 4.98 Å². The highest BCUT2D eigenvalue weighted by Gasteiger charge is 2.14. The molecule has 1 amide bonds. The number of amides is 1. The van der Waals surface area contributed by atoms with E-state index in [4.69, 9.17) is 4.74 Å². The van der Waals surface area contributed by atoms with Crippen molar-refractivity contribution in [3.05, 3.63) is 36.2 Å². The summed E-state index contributed by atoms with van der Waals surface area (Å²) in [7, 11) is 0. The van der Waals surface area contributed by atoms with Gasteiger partial charge in [0.25, 0.3) is 0 Å². The van der Waals surface area contributed by atoms with Gasteiger partial charge in [0.2, 0.25) is 0 Å². The van der Waals surface area contributed by atoms with Crippen molar-refractivity contribution in [2.75, 3.05) is 6.54 Å². The number of nitrogens with zero attached hydrogens (tertiary/aromatic N) is 1. The van der Waals surface area contributed by atoms with E-state index in [9.17, 15) is 4.79 Å². The molecule has 0 fully saturated rings. The molecule has 0 saturated carbocycles. The minimum atomic E-state index is -0.447. The number of aromatic nitrogens is 1. The third kappa shape index (κ3) is 6.68. The summed E-state index contributed by atoms with van der Waals surface area (Å²) in [6.45, 7) is 6.10. The van der Waals surface area contributed by atoms with Crippen LogP contribution in [-0.2, 0) is 4.74 Å². The van der Waals surface area contributed by atoms with Gasteiger partial charge in [0.15, 0.2) is 0 Å². The quantitative estimate of drug-likeness (QED) is 0.833. The van der Waals surface area contributed by atoms with Gasteiger partial charge in [-0.05, 0) is 44.9 Å². The molecule has 0 aromatic carbocycles. The number of carbonyl (C=O) groups is 1. The predicted molar refractivity (Wildman–Crippen MR) is 72.1 cm³/mol. The van der Waals surface area contributed by atoms with Gasteiger partial charge in [0.1, 0.15) is 5.60 Å². The van der Waals surface area contributed by atoms with Gasteiger partial charge in [-0.25, -0.2) is 4.79 Å². The van der Waals surface area contributed by atoms with E-state index in [2.05, 4.69) is 10.3 Å². The van der Waals surface area contributed by atoms with E-state index in [1.807, 2.05) is 45.1 Å². The molecule has 98 valence electrons. The summed E-state index contributed by atoms with van der Waals surface area (Å²) in [5, 5.41) is 2.70. The zero-order chi connectivity index (χ0) is 13.4. The van der Waals surface area contributed by atoms with Gasteiger partial charge in [-0.15, -0.1) is 0 Å². The topological polar surface area (TPSA) is 51.2 Å². The van der Waals surface area contributed by atoms with Crippen LogP contribution >= 0.6 is 0 Å². The Bertz CT molecular complexity index is 394. The van der Waals surface area contributed by atoms with E-state index in [0.29, 0.717) is 6.54 Å². The lowest BCUT2D eigenvalue weighted by Crippen LogP contribution is -2.32.